The quantitative estimate of drug-likeness (QED) is 0.345. The molecule has 9 heteroatoms. The lowest BCUT2D eigenvalue weighted by molar-refractivity contribution is -0.0881. The van der Waals surface area contributed by atoms with Gasteiger partial charge in [-0.05, 0) is 32.1 Å². The third-order valence-corrected chi connectivity index (χ3v) is 7.66. The van der Waals surface area contributed by atoms with Crippen LogP contribution in [0.3, 0.4) is 0 Å². The summed E-state index contributed by atoms with van der Waals surface area (Å²) in [5.74, 6) is 0.453. The molecule has 5 rings (SSSR count). The molecule has 1 aliphatic carbocycles. The molecule has 0 amide bonds. The number of hydrazine groups is 1. The van der Waals surface area contributed by atoms with Gasteiger partial charge in [-0.1, -0.05) is 0 Å². The molecule has 5 fully saturated rings. The molecular formula is C20H36FN5O3. The normalized spacial score (nSPS) is 50.0. The highest BCUT2D eigenvalue weighted by Gasteiger charge is 2.48. The summed E-state index contributed by atoms with van der Waals surface area (Å²) in [6.45, 7) is 4.10. The average molecular weight is 414 g/mol. The van der Waals surface area contributed by atoms with Gasteiger partial charge in [0.25, 0.3) is 0 Å². The average Bonchev–Trinajstić information content (AvgIpc) is 3.29. The van der Waals surface area contributed by atoms with Crippen molar-refractivity contribution in [3.05, 3.63) is 0 Å². The molecule has 166 valence electrons. The molecule has 0 aromatic heterocycles. The first-order valence-electron chi connectivity index (χ1n) is 11.4. The molecule has 6 unspecified atom stereocenters. The predicted molar refractivity (Wildman–Crippen MR) is 105 cm³/mol. The number of aliphatic hydroxyl groups excluding tert-OH is 2. The van der Waals surface area contributed by atoms with Gasteiger partial charge in [0.2, 0.25) is 0 Å². The summed E-state index contributed by atoms with van der Waals surface area (Å²) in [6, 6.07) is 0.114. The second kappa shape index (κ2) is 8.63. The fourth-order valence-electron chi connectivity index (χ4n) is 6.24. The molecule has 29 heavy (non-hydrogen) atoms. The van der Waals surface area contributed by atoms with E-state index in [1.165, 1.54) is 0 Å². The Morgan fingerprint density at radius 3 is 2.79 bits per heavy atom. The van der Waals surface area contributed by atoms with Gasteiger partial charge in [-0.2, -0.15) is 0 Å². The van der Waals surface area contributed by atoms with Gasteiger partial charge in [-0.15, -0.1) is 0 Å². The standard InChI is InChI=1S/C20H36FN5O3/c21-13-1-2-18-16(5-13)17-6-14(27)10-25(17)19-3-4-26-20(24-19)12(8-23-26)7-22-9-15(28)11-29-18/h12-20,22-24,27-28H,1-11H2/t12?,13?,14-,15-,16?,17-,18?,19?,20?/m1/s1. The summed E-state index contributed by atoms with van der Waals surface area (Å²) in [6.07, 6.45) is 1.97. The number of ether oxygens (including phenoxy) is 1. The van der Waals surface area contributed by atoms with Crippen molar-refractivity contribution in [2.24, 2.45) is 11.8 Å². The number of fused-ring (bicyclic) bond motifs is 5. The van der Waals surface area contributed by atoms with Crippen molar-refractivity contribution in [1.82, 2.24) is 26.0 Å². The van der Waals surface area contributed by atoms with Gasteiger partial charge >= 0.3 is 0 Å². The summed E-state index contributed by atoms with van der Waals surface area (Å²) in [4.78, 5) is 2.39. The Morgan fingerprint density at radius 2 is 1.90 bits per heavy atom. The zero-order chi connectivity index (χ0) is 20.0. The van der Waals surface area contributed by atoms with Gasteiger partial charge in [-0.25, -0.2) is 9.40 Å². The molecule has 1 saturated carbocycles. The Balaban J connectivity index is 1.41. The molecule has 5 aliphatic rings. The Kier molecular flexibility index (Phi) is 6.10. The van der Waals surface area contributed by atoms with Gasteiger partial charge in [0.05, 0.1) is 37.3 Å². The lowest BCUT2D eigenvalue weighted by Crippen LogP contribution is -2.64. The molecular weight excluding hydrogens is 377 g/mol. The van der Waals surface area contributed by atoms with E-state index >= 15 is 0 Å². The van der Waals surface area contributed by atoms with Gasteiger partial charge in [0.1, 0.15) is 6.17 Å². The fraction of sp³-hybridized carbons (Fsp3) is 1.00. The molecule has 0 radical (unpaired) electrons. The first kappa shape index (κ1) is 20.5. The maximum absolute atomic E-state index is 14.4. The number of alkyl halides is 1. The van der Waals surface area contributed by atoms with E-state index in [9.17, 15) is 14.6 Å². The molecule has 4 saturated heterocycles. The zero-order valence-corrected chi connectivity index (χ0v) is 17.0. The van der Waals surface area contributed by atoms with Crippen LogP contribution in [-0.4, -0.2) is 102 Å². The summed E-state index contributed by atoms with van der Waals surface area (Å²) in [5.41, 5.74) is 3.50. The van der Waals surface area contributed by atoms with Crippen molar-refractivity contribution < 1.29 is 19.3 Å². The second-order valence-corrected chi connectivity index (χ2v) is 9.64. The highest BCUT2D eigenvalue weighted by atomic mass is 19.1. The number of nitrogens with zero attached hydrogens (tertiary/aromatic N) is 2. The number of halogens is 1. The molecule has 2 bridgehead atoms. The summed E-state index contributed by atoms with van der Waals surface area (Å²) in [5, 5.41) is 30.4. The number of aliphatic hydroxyl groups is 2. The van der Waals surface area contributed by atoms with Crippen molar-refractivity contribution in [2.75, 3.05) is 39.3 Å². The van der Waals surface area contributed by atoms with E-state index in [1.807, 2.05) is 0 Å². The van der Waals surface area contributed by atoms with Crippen molar-refractivity contribution in [3.63, 3.8) is 0 Å². The van der Waals surface area contributed by atoms with Gasteiger partial charge in [-0.3, -0.25) is 15.6 Å². The van der Waals surface area contributed by atoms with Crippen LogP contribution in [-0.2, 0) is 4.74 Å². The topological polar surface area (TPSA) is 92.3 Å². The highest BCUT2D eigenvalue weighted by Crippen LogP contribution is 2.39. The van der Waals surface area contributed by atoms with Crippen molar-refractivity contribution in [1.29, 1.82) is 0 Å². The minimum absolute atomic E-state index is 0.0522. The largest absolute Gasteiger partial charge is 0.392 e. The smallest absolute Gasteiger partial charge is 0.101 e. The molecule has 8 nitrogen and oxygen atoms in total. The van der Waals surface area contributed by atoms with Crippen LogP contribution < -0.4 is 16.1 Å². The molecule has 0 aromatic rings. The van der Waals surface area contributed by atoms with Crippen molar-refractivity contribution in [2.45, 2.75) is 75.0 Å². The van der Waals surface area contributed by atoms with E-state index in [4.69, 9.17) is 4.74 Å². The third kappa shape index (κ3) is 4.21. The fourth-order valence-corrected chi connectivity index (χ4v) is 6.24. The van der Waals surface area contributed by atoms with Crippen LogP contribution in [0.15, 0.2) is 0 Å². The van der Waals surface area contributed by atoms with Crippen LogP contribution in [0.2, 0.25) is 0 Å². The molecule has 4 aliphatic heterocycles. The monoisotopic (exact) mass is 413 g/mol. The van der Waals surface area contributed by atoms with Crippen LogP contribution in [0.4, 0.5) is 4.39 Å². The van der Waals surface area contributed by atoms with E-state index in [0.29, 0.717) is 44.7 Å². The Hall–Kier alpha value is -0.390. The minimum atomic E-state index is -0.803. The predicted octanol–water partition coefficient (Wildman–Crippen LogP) is -1.01. The maximum atomic E-state index is 14.4. The SMILES string of the molecule is O[C@@H]1CNCC2CNN3CCC(NC23)N2C[C@H](O)C[C@@H]2C2CC(F)CCC2OC1. The summed E-state index contributed by atoms with van der Waals surface area (Å²) < 4.78 is 20.6. The second-order valence-electron chi connectivity index (χ2n) is 9.64. The third-order valence-electron chi connectivity index (χ3n) is 7.66. The van der Waals surface area contributed by atoms with Crippen LogP contribution in [0.5, 0.6) is 0 Å². The van der Waals surface area contributed by atoms with E-state index in [0.717, 1.165) is 26.1 Å². The maximum Gasteiger partial charge on any atom is 0.101 e. The summed E-state index contributed by atoms with van der Waals surface area (Å²) in [7, 11) is 0. The number of hydrogen-bond acceptors (Lipinski definition) is 8. The van der Waals surface area contributed by atoms with Crippen molar-refractivity contribution >= 4 is 0 Å². The Labute approximate surface area is 172 Å². The van der Waals surface area contributed by atoms with Crippen LogP contribution in [0, 0.1) is 11.8 Å². The van der Waals surface area contributed by atoms with Gasteiger partial charge in [0, 0.05) is 50.6 Å². The number of β-amino-alcohol motifs (C(OH)–C–C–N with tert-alkyl or cyclic N) is 1. The molecule has 0 spiro atoms. The van der Waals surface area contributed by atoms with E-state index in [2.05, 4.69) is 26.0 Å². The lowest BCUT2D eigenvalue weighted by Gasteiger charge is -2.47. The minimum Gasteiger partial charge on any atom is -0.392 e. The molecule has 4 heterocycles. The van der Waals surface area contributed by atoms with E-state index in [-0.39, 0.29) is 43.1 Å². The zero-order valence-electron chi connectivity index (χ0n) is 17.0. The summed E-state index contributed by atoms with van der Waals surface area (Å²) >= 11 is 0. The van der Waals surface area contributed by atoms with E-state index < -0.39 is 12.3 Å². The van der Waals surface area contributed by atoms with E-state index in [1.54, 1.807) is 0 Å². The first-order valence-corrected chi connectivity index (χ1v) is 11.4. The molecule has 5 N–H and O–H groups in total. The Bertz CT molecular complexity index is 574. The molecule has 9 atom stereocenters. The first-order chi connectivity index (χ1) is 14.1. The Morgan fingerprint density at radius 1 is 1.00 bits per heavy atom. The molecule has 0 aromatic carbocycles. The lowest BCUT2D eigenvalue weighted by atomic mass is 9.79. The van der Waals surface area contributed by atoms with Crippen molar-refractivity contribution in [3.8, 4) is 0 Å². The van der Waals surface area contributed by atoms with Gasteiger partial charge in [0.15, 0.2) is 0 Å². The van der Waals surface area contributed by atoms with Crippen LogP contribution in [0.25, 0.3) is 0 Å². The van der Waals surface area contributed by atoms with Gasteiger partial charge < -0.3 is 20.3 Å². The highest BCUT2D eigenvalue weighted by molar-refractivity contribution is 5.00. The number of rotatable bonds is 0. The number of hydrogen-bond donors (Lipinski definition) is 5. The van der Waals surface area contributed by atoms with Crippen LogP contribution >= 0.6 is 0 Å². The van der Waals surface area contributed by atoms with Crippen LogP contribution in [0.1, 0.15) is 32.1 Å². The number of nitrogens with one attached hydrogen (secondary N) is 3.